The molecule has 2 aromatic rings. The molecule has 0 aliphatic carbocycles. The number of hydrogen-bond donors (Lipinski definition) is 2. The van der Waals surface area contributed by atoms with Crippen molar-refractivity contribution in [3.8, 4) is 11.9 Å². The summed E-state index contributed by atoms with van der Waals surface area (Å²) in [4.78, 5) is 22.7. The Kier molecular flexibility index (Phi) is 5.29. The second kappa shape index (κ2) is 7.38. The van der Waals surface area contributed by atoms with Gasteiger partial charge in [0.05, 0.1) is 25.4 Å². The van der Waals surface area contributed by atoms with Gasteiger partial charge < -0.3 is 19.5 Å². The number of nitrogens with one attached hydrogen (secondary N) is 1. The Morgan fingerprint density at radius 2 is 1.93 bits per heavy atom. The van der Waals surface area contributed by atoms with Gasteiger partial charge >= 0.3 is 6.01 Å². The molecule has 152 valence electrons. The van der Waals surface area contributed by atoms with Gasteiger partial charge in [-0.2, -0.15) is 10.1 Å². The minimum absolute atomic E-state index is 0.112. The highest BCUT2D eigenvalue weighted by Crippen LogP contribution is 2.37. The molecule has 2 aromatic heterocycles. The first-order valence-corrected chi connectivity index (χ1v) is 9.21. The van der Waals surface area contributed by atoms with Crippen LogP contribution >= 0.6 is 0 Å². The first kappa shape index (κ1) is 20.1. The van der Waals surface area contributed by atoms with Gasteiger partial charge in [-0.1, -0.05) is 20.8 Å². The first-order chi connectivity index (χ1) is 13.2. The zero-order valence-electron chi connectivity index (χ0n) is 16.9. The molecule has 0 saturated carbocycles. The summed E-state index contributed by atoms with van der Waals surface area (Å²) in [6.07, 6.45) is 2.22. The van der Waals surface area contributed by atoms with Gasteiger partial charge in [0.1, 0.15) is 5.69 Å². The lowest BCUT2D eigenvalue weighted by Gasteiger charge is -2.38. The number of methoxy groups -OCH3 is 2. The van der Waals surface area contributed by atoms with Gasteiger partial charge in [-0.05, 0) is 18.9 Å². The van der Waals surface area contributed by atoms with Crippen molar-refractivity contribution in [2.45, 2.75) is 44.6 Å². The van der Waals surface area contributed by atoms with E-state index in [-0.39, 0.29) is 23.2 Å². The molecule has 3 rings (SSSR count). The number of H-pyrrole nitrogens is 1. The number of likely N-dealkylation sites (tertiary alicyclic amines) is 1. The molecule has 0 spiro atoms. The summed E-state index contributed by atoms with van der Waals surface area (Å²) in [7, 11) is 2.95. The molecule has 28 heavy (non-hydrogen) atoms. The highest BCUT2D eigenvalue weighted by Gasteiger charge is 2.39. The number of carbonyl (C=O) groups is 1. The average Bonchev–Trinajstić information content (AvgIpc) is 3.18. The summed E-state index contributed by atoms with van der Waals surface area (Å²) >= 11 is 0. The van der Waals surface area contributed by atoms with Gasteiger partial charge in [-0.15, -0.1) is 0 Å². The van der Waals surface area contributed by atoms with Crippen LogP contribution in [-0.2, 0) is 11.0 Å². The van der Waals surface area contributed by atoms with E-state index < -0.39 is 5.60 Å². The Balaban J connectivity index is 1.73. The second-order valence-electron chi connectivity index (χ2n) is 8.02. The molecule has 1 amide bonds. The van der Waals surface area contributed by atoms with Crippen LogP contribution in [-0.4, -0.2) is 63.4 Å². The summed E-state index contributed by atoms with van der Waals surface area (Å²) in [5, 5.41) is 18.2. The van der Waals surface area contributed by atoms with Crippen LogP contribution < -0.4 is 9.47 Å². The van der Waals surface area contributed by atoms with Crippen molar-refractivity contribution in [2.75, 3.05) is 27.3 Å². The van der Waals surface area contributed by atoms with Crippen LogP contribution in [0.2, 0.25) is 0 Å². The number of rotatable bonds is 4. The van der Waals surface area contributed by atoms with Crippen LogP contribution in [0.4, 0.5) is 0 Å². The molecule has 1 saturated heterocycles. The van der Waals surface area contributed by atoms with Crippen molar-refractivity contribution in [3.63, 3.8) is 0 Å². The molecular formula is C19H27N5O4. The topological polar surface area (TPSA) is 113 Å². The number of ether oxygens (including phenoxy) is 2. The van der Waals surface area contributed by atoms with Gasteiger partial charge in [0.25, 0.3) is 5.91 Å². The number of aromatic amines is 1. The largest absolute Gasteiger partial charge is 0.481 e. The van der Waals surface area contributed by atoms with Crippen molar-refractivity contribution in [3.05, 3.63) is 29.2 Å². The third kappa shape index (κ3) is 3.80. The summed E-state index contributed by atoms with van der Waals surface area (Å²) in [5.74, 6) is 0.128. The van der Waals surface area contributed by atoms with E-state index >= 15 is 0 Å². The lowest BCUT2D eigenvalue weighted by atomic mass is 9.85. The van der Waals surface area contributed by atoms with Gasteiger partial charge in [0.15, 0.2) is 0 Å². The monoisotopic (exact) mass is 389 g/mol. The van der Waals surface area contributed by atoms with Gasteiger partial charge in [0.2, 0.25) is 5.88 Å². The quantitative estimate of drug-likeness (QED) is 0.817. The first-order valence-electron chi connectivity index (χ1n) is 9.21. The number of piperidine rings is 1. The van der Waals surface area contributed by atoms with Crippen LogP contribution in [0.25, 0.3) is 0 Å². The van der Waals surface area contributed by atoms with E-state index in [1.807, 2.05) is 0 Å². The predicted octanol–water partition coefficient (Wildman–Crippen LogP) is 1.64. The molecule has 0 unspecified atom stereocenters. The maximum Gasteiger partial charge on any atom is 0.319 e. The summed E-state index contributed by atoms with van der Waals surface area (Å²) in [6, 6.07) is 1.97. The highest BCUT2D eigenvalue weighted by atomic mass is 16.5. The number of amides is 1. The predicted molar refractivity (Wildman–Crippen MR) is 101 cm³/mol. The fraction of sp³-hybridized carbons (Fsp3) is 0.579. The Morgan fingerprint density at radius 3 is 2.46 bits per heavy atom. The van der Waals surface area contributed by atoms with Gasteiger partial charge in [-0.25, -0.2) is 4.98 Å². The van der Waals surface area contributed by atoms with Gasteiger partial charge in [-0.3, -0.25) is 9.89 Å². The summed E-state index contributed by atoms with van der Waals surface area (Å²) in [5.41, 5.74) is 0.512. The Bertz CT molecular complexity index is 850. The number of carbonyl (C=O) groups excluding carboxylic acids is 1. The van der Waals surface area contributed by atoms with E-state index in [1.54, 1.807) is 11.0 Å². The van der Waals surface area contributed by atoms with E-state index in [4.69, 9.17) is 9.47 Å². The lowest BCUT2D eigenvalue weighted by molar-refractivity contribution is -0.0235. The molecule has 1 fully saturated rings. The second-order valence-corrected chi connectivity index (χ2v) is 8.02. The van der Waals surface area contributed by atoms with Crippen molar-refractivity contribution in [1.29, 1.82) is 0 Å². The fourth-order valence-corrected chi connectivity index (χ4v) is 3.25. The fourth-order valence-electron chi connectivity index (χ4n) is 3.25. The van der Waals surface area contributed by atoms with Crippen LogP contribution in [0.15, 0.2) is 12.3 Å². The SMILES string of the molecule is COc1ncc(C2(O)CCN(C(=O)c3cc(C(C)(C)C)[nH]n3)CC2)c(OC)n1. The Labute approximate surface area is 164 Å². The molecule has 1 aliphatic rings. The normalized spacial score (nSPS) is 16.7. The number of hydrogen-bond acceptors (Lipinski definition) is 7. The number of aliphatic hydroxyl groups is 1. The Hall–Kier alpha value is -2.68. The zero-order chi connectivity index (χ0) is 20.5. The standard InChI is InChI=1S/C19H27N5O4/c1-18(2,3)14-10-13(22-23-14)16(25)24-8-6-19(26,7-9-24)12-11-20-17(28-5)21-15(12)27-4/h10-11,26H,6-9H2,1-5H3,(H,22,23). The minimum atomic E-state index is -1.17. The third-order valence-corrected chi connectivity index (χ3v) is 5.09. The van der Waals surface area contributed by atoms with E-state index in [2.05, 4.69) is 40.9 Å². The lowest BCUT2D eigenvalue weighted by Crippen LogP contribution is -2.45. The molecule has 0 atom stereocenters. The minimum Gasteiger partial charge on any atom is -0.481 e. The molecular weight excluding hydrogens is 362 g/mol. The van der Waals surface area contributed by atoms with Gasteiger partial charge in [0, 0.05) is 30.4 Å². The average molecular weight is 389 g/mol. The zero-order valence-corrected chi connectivity index (χ0v) is 16.9. The summed E-state index contributed by atoms with van der Waals surface area (Å²) in [6.45, 7) is 6.95. The third-order valence-electron chi connectivity index (χ3n) is 5.09. The van der Waals surface area contributed by atoms with E-state index in [9.17, 15) is 9.90 Å². The van der Waals surface area contributed by atoms with Crippen molar-refractivity contribution in [1.82, 2.24) is 25.1 Å². The van der Waals surface area contributed by atoms with E-state index in [0.29, 0.717) is 37.2 Å². The van der Waals surface area contributed by atoms with Crippen molar-refractivity contribution < 1.29 is 19.4 Å². The van der Waals surface area contributed by atoms with E-state index in [1.165, 1.54) is 20.4 Å². The molecule has 9 nitrogen and oxygen atoms in total. The molecule has 1 aliphatic heterocycles. The molecule has 2 N–H and O–H groups in total. The maximum absolute atomic E-state index is 12.8. The maximum atomic E-state index is 12.8. The molecule has 0 radical (unpaired) electrons. The van der Waals surface area contributed by atoms with Crippen molar-refractivity contribution in [2.24, 2.45) is 0 Å². The summed E-state index contributed by atoms with van der Waals surface area (Å²) < 4.78 is 10.3. The van der Waals surface area contributed by atoms with Crippen LogP contribution in [0, 0.1) is 0 Å². The van der Waals surface area contributed by atoms with Crippen LogP contribution in [0.5, 0.6) is 11.9 Å². The smallest absolute Gasteiger partial charge is 0.319 e. The van der Waals surface area contributed by atoms with Crippen LogP contribution in [0.3, 0.4) is 0 Å². The molecule has 0 bridgehead atoms. The van der Waals surface area contributed by atoms with E-state index in [0.717, 1.165) is 5.69 Å². The number of aromatic nitrogens is 4. The van der Waals surface area contributed by atoms with Crippen molar-refractivity contribution >= 4 is 5.91 Å². The Morgan fingerprint density at radius 1 is 1.25 bits per heavy atom. The molecule has 0 aromatic carbocycles. The highest BCUT2D eigenvalue weighted by molar-refractivity contribution is 5.92. The molecule has 9 heteroatoms. The molecule has 3 heterocycles. The number of nitrogens with zero attached hydrogens (tertiary/aromatic N) is 4. The van der Waals surface area contributed by atoms with Crippen LogP contribution in [0.1, 0.15) is 55.4 Å².